The van der Waals surface area contributed by atoms with Crippen LogP contribution in [-0.2, 0) is 20.7 Å². The van der Waals surface area contributed by atoms with E-state index in [2.05, 4.69) is 5.32 Å². The van der Waals surface area contributed by atoms with Crippen molar-refractivity contribution in [3.8, 4) is 11.8 Å². The Kier molecular flexibility index (Phi) is 7.95. The van der Waals surface area contributed by atoms with Gasteiger partial charge in [0.1, 0.15) is 15.3 Å². The zero-order chi connectivity index (χ0) is 23.8. The molecule has 0 atom stereocenters. The molecule has 0 aliphatic rings. The maximum absolute atomic E-state index is 13.1. The maximum atomic E-state index is 13.1. The van der Waals surface area contributed by atoms with Gasteiger partial charge in [-0.25, -0.2) is 4.79 Å². The summed E-state index contributed by atoms with van der Waals surface area (Å²) >= 11 is 0.904. The predicted octanol–water partition coefficient (Wildman–Crippen LogP) is 1.58. The molecular formula is C25H23N3O4S. The highest BCUT2D eigenvalue weighted by Gasteiger charge is 2.17. The molecule has 0 unspecified atom stereocenters. The monoisotopic (exact) mass is 461 g/mol. The van der Waals surface area contributed by atoms with Gasteiger partial charge in [0.2, 0.25) is 0 Å². The van der Waals surface area contributed by atoms with Crippen LogP contribution in [0.15, 0.2) is 59.4 Å². The van der Waals surface area contributed by atoms with Crippen molar-refractivity contribution in [3.63, 3.8) is 0 Å². The SMILES string of the molecule is CCOC(=O)/C=c1/s/c(=C(\C#N)C(=O)NCCc2ccccc2)n(-c2ccc(C)cc2)c1=O. The molecule has 1 amide bonds. The molecule has 33 heavy (non-hydrogen) atoms. The summed E-state index contributed by atoms with van der Waals surface area (Å²) in [6.07, 6.45) is 1.69. The van der Waals surface area contributed by atoms with Crippen LogP contribution in [0.1, 0.15) is 18.1 Å². The number of nitriles is 1. The molecule has 1 N–H and O–H groups in total. The minimum atomic E-state index is -0.663. The molecule has 0 aliphatic carbocycles. The number of aromatic nitrogens is 1. The van der Waals surface area contributed by atoms with Crippen molar-refractivity contribution < 1.29 is 14.3 Å². The first-order valence-electron chi connectivity index (χ1n) is 10.4. The molecule has 0 saturated heterocycles. The van der Waals surface area contributed by atoms with Gasteiger partial charge in [-0.15, -0.1) is 11.3 Å². The van der Waals surface area contributed by atoms with Crippen LogP contribution in [0, 0.1) is 18.3 Å². The second-order valence-electron chi connectivity index (χ2n) is 7.12. The van der Waals surface area contributed by atoms with Crippen LogP contribution >= 0.6 is 11.3 Å². The molecule has 0 bridgehead atoms. The van der Waals surface area contributed by atoms with E-state index in [0.717, 1.165) is 28.5 Å². The number of amides is 1. The third kappa shape index (κ3) is 5.84. The van der Waals surface area contributed by atoms with Gasteiger partial charge in [0.05, 0.1) is 12.3 Å². The van der Waals surface area contributed by atoms with E-state index in [1.54, 1.807) is 19.1 Å². The Bertz CT molecular complexity index is 1360. The largest absolute Gasteiger partial charge is 0.463 e. The highest BCUT2D eigenvalue weighted by molar-refractivity contribution is 7.07. The van der Waals surface area contributed by atoms with E-state index in [1.165, 1.54) is 4.57 Å². The molecule has 2 aromatic carbocycles. The van der Waals surface area contributed by atoms with E-state index < -0.39 is 17.4 Å². The van der Waals surface area contributed by atoms with E-state index in [0.29, 0.717) is 18.7 Å². The topological polar surface area (TPSA) is 101 Å². The number of hydrogen-bond donors (Lipinski definition) is 1. The van der Waals surface area contributed by atoms with E-state index in [-0.39, 0.29) is 21.4 Å². The first kappa shape index (κ1) is 23.7. The van der Waals surface area contributed by atoms with E-state index in [4.69, 9.17) is 4.74 Å². The Hall–Kier alpha value is -3.96. The minimum Gasteiger partial charge on any atom is -0.463 e. The van der Waals surface area contributed by atoms with Crippen LogP contribution in [0.25, 0.3) is 17.3 Å². The molecule has 0 aliphatic heterocycles. The average molecular weight is 462 g/mol. The second-order valence-corrected chi connectivity index (χ2v) is 8.15. The van der Waals surface area contributed by atoms with Crippen molar-refractivity contribution in [2.24, 2.45) is 0 Å². The van der Waals surface area contributed by atoms with Crippen LogP contribution in [0.4, 0.5) is 0 Å². The summed E-state index contributed by atoms with van der Waals surface area (Å²) in [6, 6.07) is 18.7. The first-order valence-corrected chi connectivity index (χ1v) is 11.2. The highest BCUT2D eigenvalue weighted by atomic mass is 32.1. The average Bonchev–Trinajstić information content (AvgIpc) is 3.11. The number of nitrogens with one attached hydrogen (secondary N) is 1. The maximum Gasteiger partial charge on any atom is 0.332 e. The number of carbonyl (C=O) groups excluding carboxylic acids is 2. The smallest absolute Gasteiger partial charge is 0.332 e. The van der Waals surface area contributed by atoms with Crippen molar-refractivity contribution in [1.82, 2.24) is 9.88 Å². The normalized spacial score (nSPS) is 12.1. The Labute approximate surface area is 194 Å². The number of thiazole rings is 1. The molecule has 3 aromatic rings. The van der Waals surface area contributed by atoms with Gasteiger partial charge >= 0.3 is 5.97 Å². The number of esters is 1. The van der Waals surface area contributed by atoms with Crippen molar-refractivity contribution in [2.45, 2.75) is 20.3 Å². The number of benzene rings is 2. The van der Waals surface area contributed by atoms with E-state index in [1.807, 2.05) is 55.5 Å². The van der Waals surface area contributed by atoms with Gasteiger partial charge in [0, 0.05) is 12.6 Å². The van der Waals surface area contributed by atoms with Crippen LogP contribution in [-0.4, -0.2) is 29.6 Å². The Balaban J connectivity index is 2.07. The molecular weight excluding hydrogens is 438 g/mol. The standard InChI is InChI=1S/C25H23N3O4S/c1-3-32-22(29)15-21-24(31)28(19-11-9-17(2)10-12-19)25(33-21)20(16-26)23(30)27-14-13-18-7-5-4-6-8-18/h4-12,15H,3,13-14H2,1-2H3,(H,27,30)/b21-15+,25-20+. The van der Waals surface area contributed by atoms with Crippen LogP contribution in [0.3, 0.4) is 0 Å². The zero-order valence-electron chi connectivity index (χ0n) is 18.3. The highest BCUT2D eigenvalue weighted by Crippen LogP contribution is 2.06. The Morgan fingerprint density at radius 3 is 2.48 bits per heavy atom. The van der Waals surface area contributed by atoms with Crippen molar-refractivity contribution >= 4 is 34.9 Å². The van der Waals surface area contributed by atoms with E-state index >= 15 is 0 Å². The third-order valence-corrected chi connectivity index (χ3v) is 5.84. The van der Waals surface area contributed by atoms with Crippen molar-refractivity contribution in [1.29, 1.82) is 5.26 Å². The van der Waals surface area contributed by atoms with Crippen LogP contribution < -0.4 is 20.1 Å². The summed E-state index contributed by atoms with van der Waals surface area (Å²) in [5.41, 5.74) is 1.83. The number of carbonyl (C=O) groups is 2. The fourth-order valence-electron chi connectivity index (χ4n) is 3.12. The number of rotatable bonds is 7. The second kappa shape index (κ2) is 11.1. The molecule has 1 heterocycles. The Morgan fingerprint density at radius 2 is 1.85 bits per heavy atom. The number of hydrogen-bond acceptors (Lipinski definition) is 6. The fraction of sp³-hybridized carbons (Fsp3) is 0.200. The molecule has 0 fully saturated rings. The molecule has 168 valence electrons. The van der Waals surface area contributed by atoms with Gasteiger partial charge in [-0.05, 0) is 38.0 Å². The molecule has 0 radical (unpaired) electrons. The van der Waals surface area contributed by atoms with Gasteiger partial charge < -0.3 is 10.1 Å². The van der Waals surface area contributed by atoms with Gasteiger partial charge in [-0.1, -0.05) is 48.0 Å². The van der Waals surface area contributed by atoms with Gasteiger partial charge in [-0.3, -0.25) is 14.2 Å². The summed E-state index contributed by atoms with van der Waals surface area (Å²) in [6.45, 7) is 4.07. The zero-order valence-corrected chi connectivity index (χ0v) is 19.1. The van der Waals surface area contributed by atoms with Gasteiger partial charge in [0.25, 0.3) is 11.5 Å². The molecule has 1 aromatic heterocycles. The third-order valence-electron chi connectivity index (χ3n) is 4.75. The van der Waals surface area contributed by atoms with Crippen LogP contribution in [0.5, 0.6) is 0 Å². The van der Waals surface area contributed by atoms with Gasteiger partial charge in [0.15, 0.2) is 5.57 Å². The number of nitrogens with zero attached hydrogens (tertiary/aromatic N) is 2. The Morgan fingerprint density at radius 1 is 1.15 bits per heavy atom. The fourth-order valence-corrected chi connectivity index (χ4v) is 4.18. The quantitative estimate of drug-likeness (QED) is 0.539. The lowest BCUT2D eigenvalue weighted by molar-refractivity contribution is -0.135. The molecule has 0 saturated carbocycles. The van der Waals surface area contributed by atoms with Crippen molar-refractivity contribution in [3.05, 3.63) is 85.3 Å². The van der Waals surface area contributed by atoms with Crippen molar-refractivity contribution in [2.75, 3.05) is 13.2 Å². The summed E-state index contributed by atoms with van der Waals surface area (Å²) in [5, 5.41) is 12.5. The predicted molar refractivity (Wildman–Crippen MR) is 127 cm³/mol. The number of ether oxygens (including phenoxy) is 1. The lowest BCUT2D eigenvalue weighted by Gasteiger charge is -2.06. The summed E-state index contributed by atoms with van der Waals surface area (Å²) in [7, 11) is 0. The molecule has 0 spiro atoms. The number of aryl methyl sites for hydroxylation is 1. The molecule has 3 rings (SSSR count). The first-order chi connectivity index (χ1) is 15.9. The summed E-state index contributed by atoms with van der Waals surface area (Å²) < 4.78 is 6.43. The summed E-state index contributed by atoms with van der Waals surface area (Å²) in [4.78, 5) is 37.9. The lowest BCUT2D eigenvalue weighted by atomic mass is 10.1. The molecule has 7 nitrogen and oxygen atoms in total. The van der Waals surface area contributed by atoms with E-state index in [9.17, 15) is 19.6 Å². The minimum absolute atomic E-state index is 0.0776. The van der Waals surface area contributed by atoms with Crippen LogP contribution in [0.2, 0.25) is 0 Å². The van der Waals surface area contributed by atoms with Gasteiger partial charge in [-0.2, -0.15) is 5.26 Å². The lowest BCUT2D eigenvalue weighted by Crippen LogP contribution is -2.34. The molecule has 8 heteroatoms. The summed E-state index contributed by atoms with van der Waals surface area (Å²) in [5.74, 6) is -1.25.